The second-order valence-electron chi connectivity index (χ2n) is 6.15. The Morgan fingerprint density at radius 2 is 1.93 bits per heavy atom. The number of rotatable bonds is 6. The number of amides is 1. The predicted octanol–water partition coefficient (Wildman–Crippen LogP) is 4.23. The Morgan fingerprint density at radius 1 is 1.22 bits per heavy atom. The van der Waals surface area contributed by atoms with Gasteiger partial charge in [-0.1, -0.05) is 23.7 Å². The van der Waals surface area contributed by atoms with Crippen LogP contribution in [0.4, 0.5) is 14.6 Å². The van der Waals surface area contributed by atoms with Crippen LogP contribution in [-0.2, 0) is 11.3 Å². The van der Waals surface area contributed by atoms with Gasteiger partial charge in [-0.25, -0.2) is 8.78 Å². The first-order valence-electron chi connectivity index (χ1n) is 8.26. The van der Waals surface area contributed by atoms with E-state index in [0.29, 0.717) is 23.1 Å². The summed E-state index contributed by atoms with van der Waals surface area (Å²) in [5.41, 5.74) is 1.15. The lowest BCUT2D eigenvalue weighted by Crippen LogP contribution is -2.25. The summed E-state index contributed by atoms with van der Waals surface area (Å²) in [5, 5.41) is 11.4. The lowest BCUT2D eigenvalue weighted by molar-refractivity contribution is -0.119. The number of anilines is 1. The van der Waals surface area contributed by atoms with E-state index < -0.39 is 18.4 Å². The first kappa shape index (κ1) is 19.0. The number of aromatic nitrogens is 4. The maximum atomic E-state index is 12.8. The molecule has 27 heavy (non-hydrogen) atoms. The van der Waals surface area contributed by atoms with Gasteiger partial charge in [0, 0.05) is 23.0 Å². The summed E-state index contributed by atoms with van der Waals surface area (Å²) in [6.07, 6.45) is -0.938. The molecule has 3 aromatic rings. The standard InChI is InChI=1S/C18H18ClF2N5O/c1-11-9-15(17(20)21)23-26(11)12(2)18(27)22-16-7-8-25(24-16)10-13-3-5-14(19)6-4-13/h3-9,12,17H,10H2,1-2H3,(H,22,24,27). The fourth-order valence-corrected chi connectivity index (χ4v) is 2.77. The van der Waals surface area contributed by atoms with E-state index in [1.165, 1.54) is 10.7 Å². The van der Waals surface area contributed by atoms with Gasteiger partial charge in [0.05, 0.1) is 6.54 Å². The summed E-state index contributed by atoms with van der Waals surface area (Å²) in [6.45, 7) is 3.75. The molecule has 0 aliphatic rings. The van der Waals surface area contributed by atoms with Gasteiger partial charge >= 0.3 is 0 Å². The zero-order valence-corrected chi connectivity index (χ0v) is 15.5. The van der Waals surface area contributed by atoms with Crippen LogP contribution in [0.2, 0.25) is 5.02 Å². The van der Waals surface area contributed by atoms with E-state index in [9.17, 15) is 13.6 Å². The van der Waals surface area contributed by atoms with Gasteiger partial charge in [0.15, 0.2) is 5.82 Å². The fraction of sp³-hybridized carbons (Fsp3) is 0.278. The molecule has 6 nitrogen and oxygen atoms in total. The number of nitrogens with one attached hydrogen (secondary N) is 1. The molecule has 0 saturated carbocycles. The molecule has 0 radical (unpaired) electrons. The molecule has 2 heterocycles. The van der Waals surface area contributed by atoms with Crippen molar-refractivity contribution in [2.75, 3.05) is 5.32 Å². The van der Waals surface area contributed by atoms with Gasteiger partial charge < -0.3 is 5.32 Å². The minimum absolute atomic E-state index is 0.348. The highest BCUT2D eigenvalue weighted by molar-refractivity contribution is 6.30. The average molecular weight is 394 g/mol. The Labute approximate surface area is 159 Å². The molecule has 0 bridgehead atoms. The highest BCUT2D eigenvalue weighted by atomic mass is 35.5. The molecule has 3 rings (SSSR count). The monoisotopic (exact) mass is 393 g/mol. The van der Waals surface area contributed by atoms with Crippen LogP contribution in [0.15, 0.2) is 42.6 Å². The highest BCUT2D eigenvalue weighted by Crippen LogP contribution is 2.21. The number of hydrogen-bond donors (Lipinski definition) is 1. The molecule has 0 aliphatic heterocycles. The van der Waals surface area contributed by atoms with E-state index in [2.05, 4.69) is 15.5 Å². The van der Waals surface area contributed by atoms with Gasteiger partial charge in [-0.3, -0.25) is 14.2 Å². The molecule has 2 aromatic heterocycles. The Bertz CT molecular complexity index is 936. The number of carbonyl (C=O) groups is 1. The third-order valence-electron chi connectivity index (χ3n) is 4.06. The molecule has 1 unspecified atom stereocenters. The lowest BCUT2D eigenvalue weighted by Gasteiger charge is -2.13. The van der Waals surface area contributed by atoms with Crippen LogP contribution in [0.3, 0.4) is 0 Å². The molecule has 1 aromatic carbocycles. The van der Waals surface area contributed by atoms with Crippen molar-refractivity contribution >= 4 is 23.3 Å². The van der Waals surface area contributed by atoms with Crippen molar-refractivity contribution in [1.29, 1.82) is 0 Å². The summed E-state index contributed by atoms with van der Waals surface area (Å²) in [6, 6.07) is 9.57. The molecule has 0 spiro atoms. The second kappa shape index (κ2) is 7.87. The fourth-order valence-electron chi connectivity index (χ4n) is 2.65. The maximum Gasteiger partial charge on any atom is 0.282 e. The summed E-state index contributed by atoms with van der Waals surface area (Å²) in [7, 11) is 0. The molecule has 0 aliphatic carbocycles. The summed E-state index contributed by atoms with van der Waals surface area (Å²) in [5.74, 6) is -0.0153. The van der Waals surface area contributed by atoms with E-state index in [4.69, 9.17) is 11.6 Å². The van der Waals surface area contributed by atoms with Crippen LogP contribution in [-0.4, -0.2) is 25.5 Å². The van der Waals surface area contributed by atoms with Crippen LogP contribution in [0.25, 0.3) is 0 Å². The largest absolute Gasteiger partial charge is 0.307 e. The number of hydrogen-bond acceptors (Lipinski definition) is 3. The topological polar surface area (TPSA) is 64.7 Å². The molecule has 9 heteroatoms. The molecule has 0 saturated heterocycles. The Morgan fingerprint density at radius 3 is 2.56 bits per heavy atom. The maximum absolute atomic E-state index is 12.8. The number of benzene rings is 1. The van der Waals surface area contributed by atoms with Gasteiger partial charge in [-0.15, -0.1) is 0 Å². The molecule has 1 N–H and O–H groups in total. The number of carbonyl (C=O) groups excluding carboxylic acids is 1. The van der Waals surface area contributed by atoms with Crippen molar-refractivity contribution < 1.29 is 13.6 Å². The van der Waals surface area contributed by atoms with E-state index in [1.807, 2.05) is 12.1 Å². The van der Waals surface area contributed by atoms with E-state index in [0.717, 1.165) is 5.56 Å². The van der Waals surface area contributed by atoms with Gasteiger partial charge in [0.25, 0.3) is 6.43 Å². The Hall–Kier alpha value is -2.74. The first-order valence-corrected chi connectivity index (χ1v) is 8.64. The zero-order chi connectivity index (χ0) is 19.6. The number of nitrogens with zero attached hydrogens (tertiary/aromatic N) is 4. The molecule has 0 fully saturated rings. The predicted molar refractivity (Wildman–Crippen MR) is 98.0 cm³/mol. The lowest BCUT2D eigenvalue weighted by atomic mass is 10.2. The van der Waals surface area contributed by atoms with Crippen molar-refractivity contribution in [2.45, 2.75) is 32.9 Å². The molecular weight excluding hydrogens is 376 g/mol. The van der Waals surface area contributed by atoms with E-state index >= 15 is 0 Å². The van der Waals surface area contributed by atoms with Gasteiger partial charge in [-0.05, 0) is 37.6 Å². The number of halogens is 3. The van der Waals surface area contributed by atoms with Crippen molar-refractivity contribution in [3.8, 4) is 0 Å². The quantitative estimate of drug-likeness (QED) is 0.681. The SMILES string of the molecule is Cc1cc(C(F)F)nn1C(C)C(=O)Nc1ccn(Cc2ccc(Cl)cc2)n1. The minimum atomic E-state index is -2.68. The van der Waals surface area contributed by atoms with Crippen LogP contribution in [0.1, 0.15) is 36.3 Å². The Kier molecular flexibility index (Phi) is 5.55. The van der Waals surface area contributed by atoms with E-state index in [1.54, 1.807) is 42.9 Å². The number of alkyl halides is 2. The molecular formula is C18H18ClF2N5O. The Balaban J connectivity index is 1.65. The normalized spacial score (nSPS) is 12.4. The summed E-state index contributed by atoms with van der Waals surface area (Å²) in [4.78, 5) is 12.4. The van der Waals surface area contributed by atoms with Crippen LogP contribution >= 0.6 is 11.6 Å². The van der Waals surface area contributed by atoms with Crippen LogP contribution in [0, 0.1) is 6.92 Å². The smallest absolute Gasteiger partial charge is 0.282 e. The van der Waals surface area contributed by atoms with Crippen molar-refractivity contribution in [3.05, 3.63) is 64.6 Å². The molecule has 1 atom stereocenters. The van der Waals surface area contributed by atoms with Crippen LogP contribution in [0.5, 0.6) is 0 Å². The van der Waals surface area contributed by atoms with Gasteiger partial charge in [0.1, 0.15) is 11.7 Å². The van der Waals surface area contributed by atoms with Crippen LogP contribution < -0.4 is 5.32 Å². The summed E-state index contributed by atoms with van der Waals surface area (Å²) < 4.78 is 28.5. The first-order chi connectivity index (χ1) is 12.8. The average Bonchev–Trinajstić information content (AvgIpc) is 3.23. The third-order valence-corrected chi connectivity index (χ3v) is 4.31. The minimum Gasteiger partial charge on any atom is -0.307 e. The van der Waals surface area contributed by atoms with E-state index in [-0.39, 0.29) is 5.69 Å². The second-order valence-corrected chi connectivity index (χ2v) is 6.58. The molecule has 1 amide bonds. The van der Waals surface area contributed by atoms with Crippen molar-refractivity contribution in [1.82, 2.24) is 19.6 Å². The summed E-state index contributed by atoms with van der Waals surface area (Å²) >= 11 is 5.87. The highest BCUT2D eigenvalue weighted by Gasteiger charge is 2.21. The number of aryl methyl sites for hydroxylation is 1. The third kappa shape index (κ3) is 4.51. The van der Waals surface area contributed by atoms with Crippen molar-refractivity contribution in [2.24, 2.45) is 0 Å². The molecule has 142 valence electrons. The van der Waals surface area contributed by atoms with Gasteiger partial charge in [0.2, 0.25) is 5.91 Å². The van der Waals surface area contributed by atoms with Crippen molar-refractivity contribution in [3.63, 3.8) is 0 Å². The zero-order valence-electron chi connectivity index (χ0n) is 14.7. The van der Waals surface area contributed by atoms with Gasteiger partial charge in [-0.2, -0.15) is 10.2 Å².